The maximum Gasteiger partial charge on any atom is 0.303 e. The van der Waals surface area contributed by atoms with Gasteiger partial charge in [0.1, 0.15) is 0 Å². The third-order valence-electron chi connectivity index (χ3n) is 2.77. The van der Waals surface area contributed by atoms with Crippen LogP contribution in [0.1, 0.15) is 24.5 Å². The summed E-state index contributed by atoms with van der Waals surface area (Å²) >= 11 is 5.99. The number of carboxylic acid groups (broad SMARTS) is 1. The Kier molecular flexibility index (Phi) is 6.25. The smallest absolute Gasteiger partial charge is 0.303 e. The zero-order chi connectivity index (χ0) is 15.1. The van der Waals surface area contributed by atoms with Crippen LogP contribution in [0.15, 0.2) is 24.3 Å². The summed E-state index contributed by atoms with van der Waals surface area (Å²) < 4.78 is 0. The van der Waals surface area contributed by atoms with Crippen molar-refractivity contribution in [2.24, 2.45) is 5.92 Å². The number of aliphatic carboxylic acids is 1. The maximum absolute atomic E-state index is 11.6. The molecule has 1 amide bonds. The summed E-state index contributed by atoms with van der Waals surface area (Å²) in [4.78, 5) is 22.1. The lowest BCUT2D eigenvalue weighted by atomic mass is 10.1. The van der Waals surface area contributed by atoms with Gasteiger partial charge in [-0.15, -0.1) is 0 Å². The van der Waals surface area contributed by atoms with E-state index >= 15 is 0 Å². The van der Waals surface area contributed by atoms with Gasteiger partial charge in [-0.05, 0) is 36.1 Å². The van der Waals surface area contributed by atoms with Gasteiger partial charge >= 0.3 is 5.97 Å². The monoisotopic (exact) mass is 295 g/mol. The normalized spacial score (nSPS) is 12.3. The second-order valence-electron chi connectivity index (χ2n) is 4.79. The molecule has 20 heavy (non-hydrogen) atoms. The SMILES string of the molecule is Cc1ccc(/C=C/C(=O)NCC(C)CC(=O)O)cc1Cl. The number of benzene rings is 1. The number of carbonyl (C=O) groups excluding carboxylic acids is 1. The molecule has 0 saturated carbocycles. The number of aryl methyl sites for hydroxylation is 1. The highest BCUT2D eigenvalue weighted by molar-refractivity contribution is 6.31. The van der Waals surface area contributed by atoms with Crippen molar-refractivity contribution in [1.29, 1.82) is 0 Å². The number of carboxylic acids is 1. The Labute approximate surface area is 123 Å². The van der Waals surface area contributed by atoms with E-state index in [9.17, 15) is 9.59 Å². The predicted octanol–water partition coefficient (Wildman–Crippen LogP) is 2.89. The molecule has 0 bridgehead atoms. The number of hydrogen-bond acceptors (Lipinski definition) is 2. The van der Waals surface area contributed by atoms with Crippen LogP contribution >= 0.6 is 11.6 Å². The fourth-order valence-electron chi connectivity index (χ4n) is 1.59. The van der Waals surface area contributed by atoms with E-state index in [1.165, 1.54) is 6.08 Å². The minimum Gasteiger partial charge on any atom is -0.481 e. The van der Waals surface area contributed by atoms with Crippen LogP contribution < -0.4 is 5.32 Å². The highest BCUT2D eigenvalue weighted by Gasteiger charge is 2.08. The highest BCUT2D eigenvalue weighted by atomic mass is 35.5. The summed E-state index contributed by atoms with van der Waals surface area (Å²) in [5, 5.41) is 11.9. The van der Waals surface area contributed by atoms with Gasteiger partial charge in [-0.3, -0.25) is 9.59 Å². The molecule has 0 heterocycles. The lowest BCUT2D eigenvalue weighted by molar-refractivity contribution is -0.138. The lowest BCUT2D eigenvalue weighted by Crippen LogP contribution is -2.27. The van der Waals surface area contributed by atoms with Gasteiger partial charge in [-0.2, -0.15) is 0 Å². The van der Waals surface area contributed by atoms with Crippen molar-refractivity contribution in [3.8, 4) is 0 Å². The molecule has 0 aromatic heterocycles. The summed E-state index contributed by atoms with van der Waals surface area (Å²) in [5.41, 5.74) is 1.82. The Hall–Kier alpha value is -1.81. The van der Waals surface area contributed by atoms with Crippen LogP contribution in [-0.2, 0) is 9.59 Å². The molecule has 2 N–H and O–H groups in total. The second kappa shape index (κ2) is 7.70. The van der Waals surface area contributed by atoms with Crippen LogP contribution in [0.5, 0.6) is 0 Å². The third kappa shape index (κ3) is 5.89. The van der Waals surface area contributed by atoms with Gasteiger partial charge in [-0.1, -0.05) is 30.7 Å². The number of amides is 1. The van der Waals surface area contributed by atoms with Crippen molar-refractivity contribution in [1.82, 2.24) is 5.32 Å². The Morgan fingerprint density at radius 2 is 2.15 bits per heavy atom. The average Bonchev–Trinajstić information content (AvgIpc) is 2.37. The van der Waals surface area contributed by atoms with Crippen LogP contribution in [0, 0.1) is 12.8 Å². The molecule has 5 heteroatoms. The predicted molar refractivity (Wildman–Crippen MR) is 79.6 cm³/mol. The van der Waals surface area contributed by atoms with E-state index in [1.54, 1.807) is 19.1 Å². The zero-order valence-corrected chi connectivity index (χ0v) is 12.3. The van der Waals surface area contributed by atoms with Crippen LogP contribution in [0.25, 0.3) is 6.08 Å². The Morgan fingerprint density at radius 1 is 1.45 bits per heavy atom. The van der Waals surface area contributed by atoms with Gasteiger partial charge in [0, 0.05) is 24.1 Å². The van der Waals surface area contributed by atoms with Crippen molar-refractivity contribution in [3.05, 3.63) is 40.4 Å². The van der Waals surface area contributed by atoms with E-state index in [1.807, 2.05) is 19.1 Å². The number of nitrogens with one attached hydrogen (secondary N) is 1. The molecule has 1 aromatic carbocycles. The quantitative estimate of drug-likeness (QED) is 0.793. The van der Waals surface area contributed by atoms with Crippen LogP contribution in [0.4, 0.5) is 0 Å². The second-order valence-corrected chi connectivity index (χ2v) is 5.20. The lowest BCUT2D eigenvalue weighted by Gasteiger charge is -2.08. The molecule has 0 aliphatic rings. The summed E-state index contributed by atoms with van der Waals surface area (Å²) in [6, 6.07) is 5.54. The van der Waals surface area contributed by atoms with Gasteiger partial charge in [-0.25, -0.2) is 0 Å². The zero-order valence-electron chi connectivity index (χ0n) is 11.5. The first-order chi connectivity index (χ1) is 9.38. The standard InChI is InChI=1S/C15H18ClNO3/c1-10(7-15(19)20)9-17-14(18)6-5-12-4-3-11(2)13(16)8-12/h3-6,8,10H,7,9H2,1-2H3,(H,17,18)(H,19,20)/b6-5+. The minimum absolute atomic E-state index is 0.0393. The fourth-order valence-corrected chi connectivity index (χ4v) is 1.78. The molecule has 4 nitrogen and oxygen atoms in total. The van der Waals surface area contributed by atoms with Gasteiger partial charge in [0.2, 0.25) is 5.91 Å². The van der Waals surface area contributed by atoms with Gasteiger partial charge in [0.05, 0.1) is 0 Å². The van der Waals surface area contributed by atoms with Crippen LogP contribution in [0.3, 0.4) is 0 Å². The highest BCUT2D eigenvalue weighted by Crippen LogP contribution is 2.17. The van der Waals surface area contributed by atoms with Crippen molar-refractivity contribution < 1.29 is 14.7 Å². The van der Waals surface area contributed by atoms with E-state index in [2.05, 4.69) is 5.32 Å². The van der Waals surface area contributed by atoms with E-state index in [0.29, 0.717) is 11.6 Å². The minimum atomic E-state index is -0.864. The van der Waals surface area contributed by atoms with Crippen molar-refractivity contribution >= 4 is 29.6 Å². The van der Waals surface area contributed by atoms with Crippen molar-refractivity contribution in [3.63, 3.8) is 0 Å². The maximum atomic E-state index is 11.6. The van der Waals surface area contributed by atoms with Crippen LogP contribution in [-0.4, -0.2) is 23.5 Å². The first-order valence-corrected chi connectivity index (χ1v) is 6.70. The molecule has 1 atom stereocenters. The van der Waals surface area contributed by atoms with Crippen molar-refractivity contribution in [2.45, 2.75) is 20.3 Å². The van der Waals surface area contributed by atoms with E-state index in [0.717, 1.165) is 11.1 Å². The molecule has 0 saturated heterocycles. The number of halogens is 1. The molecule has 0 radical (unpaired) electrons. The van der Waals surface area contributed by atoms with Gasteiger partial charge < -0.3 is 10.4 Å². The molecule has 1 unspecified atom stereocenters. The molecule has 1 aromatic rings. The molecular weight excluding hydrogens is 278 g/mol. The molecule has 0 aliphatic carbocycles. The summed E-state index contributed by atoms with van der Waals surface area (Å²) in [7, 11) is 0. The Bertz CT molecular complexity index is 526. The summed E-state index contributed by atoms with van der Waals surface area (Å²) in [6.45, 7) is 4.02. The molecular formula is C15H18ClNO3. The third-order valence-corrected chi connectivity index (χ3v) is 3.18. The molecule has 1 rings (SSSR count). The fraction of sp³-hybridized carbons (Fsp3) is 0.333. The summed E-state index contributed by atoms with van der Waals surface area (Å²) in [6.07, 6.45) is 3.12. The molecule has 0 fully saturated rings. The van der Waals surface area contributed by atoms with Crippen molar-refractivity contribution in [2.75, 3.05) is 6.54 Å². The number of carbonyl (C=O) groups is 2. The Morgan fingerprint density at radius 3 is 2.75 bits per heavy atom. The first kappa shape index (κ1) is 16.2. The number of hydrogen-bond donors (Lipinski definition) is 2. The topological polar surface area (TPSA) is 66.4 Å². The van der Waals surface area contributed by atoms with E-state index in [-0.39, 0.29) is 18.2 Å². The van der Waals surface area contributed by atoms with Gasteiger partial charge in [0.15, 0.2) is 0 Å². The first-order valence-electron chi connectivity index (χ1n) is 6.32. The average molecular weight is 296 g/mol. The van der Waals surface area contributed by atoms with Crippen LogP contribution in [0.2, 0.25) is 5.02 Å². The molecule has 108 valence electrons. The Balaban J connectivity index is 2.47. The molecule has 0 aliphatic heterocycles. The van der Waals surface area contributed by atoms with E-state index in [4.69, 9.17) is 16.7 Å². The van der Waals surface area contributed by atoms with Gasteiger partial charge in [0.25, 0.3) is 0 Å². The summed E-state index contributed by atoms with van der Waals surface area (Å²) in [5.74, 6) is -1.21. The van der Waals surface area contributed by atoms with E-state index < -0.39 is 5.97 Å². The largest absolute Gasteiger partial charge is 0.481 e. The number of rotatable bonds is 6. The molecule has 0 spiro atoms.